The molecule has 2 aliphatic rings. The van der Waals surface area contributed by atoms with E-state index >= 15 is 0 Å². The molecule has 2 unspecified atom stereocenters. The van der Waals surface area contributed by atoms with Crippen LogP contribution in [0, 0.1) is 5.92 Å². The van der Waals surface area contributed by atoms with Crippen molar-refractivity contribution in [3.05, 3.63) is 23.8 Å². The number of aliphatic imine (C=N–C) groups is 1. The van der Waals surface area contributed by atoms with E-state index in [0.717, 1.165) is 12.8 Å². The molecule has 1 aliphatic heterocycles. The van der Waals surface area contributed by atoms with Gasteiger partial charge >= 0.3 is 0 Å². The quantitative estimate of drug-likeness (QED) is 0.598. The smallest absolute Gasteiger partial charge is 0.136 e. The Balaban J connectivity index is 2.23. The standard InChI is InChI=1S/C11H13NO/c1-8(13)9-4-5-11-10(7-9)3-2-6-12-11/h2-3,6-7,9,11H,4-5H2,1H3. The molecule has 0 saturated heterocycles. The molecule has 0 radical (unpaired) electrons. The van der Waals surface area contributed by atoms with Crippen molar-refractivity contribution < 1.29 is 4.79 Å². The molecule has 0 fully saturated rings. The van der Waals surface area contributed by atoms with Crippen molar-refractivity contribution in [2.45, 2.75) is 25.8 Å². The lowest BCUT2D eigenvalue weighted by atomic mass is 9.84. The molecule has 0 bridgehead atoms. The van der Waals surface area contributed by atoms with Crippen LogP contribution in [0.3, 0.4) is 0 Å². The lowest BCUT2D eigenvalue weighted by Gasteiger charge is -2.24. The lowest BCUT2D eigenvalue weighted by Crippen LogP contribution is -2.21. The van der Waals surface area contributed by atoms with Gasteiger partial charge in [0.05, 0.1) is 6.04 Å². The molecular weight excluding hydrogens is 162 g/mol. The molecule has 0 saturated carbocycles. The van der Waals surface area contributed by atoms with Crippen molar-refractivity contribution in [3.8, 4) is 0 Å². The minimum atomic E-state index is 0.129. The Morgan fingerprint density at radius 1 is 1.54 bits per heavy atom. The Kier molecular flexibility index (Phi) is 2.13. The topological polar surface area (TPSA) is 29.4 Å². The lowest BCUT2D eigenvalue weighted by molar-refractivity contribution is -0.119. The second kappa shape index (κ2) is 3.29. The van der Waals surface area contributed by atoms with E-state index in [1.165, 1.54) is 5.57 Å². The van der Waals surface area contributed by atoms with E-state index in [-0.39, 0.29) is 11.7 Å². The second-order valence-electron chi connectivity index (χ2n) is 3.63. The molecule has 1 aliphatic carbocycles. The SMILES string of the molecule is CC(=O)C1C=C2C=CC=NC2CC1. The van der Waals surface area contributed by atoms with Crippen molar-refractivity contribution in [2.24, 2.45) is 10.9 Å². The zero-order valence-electron chi connectivity index (χ0n) is 7.73. The van der Waals surface area contributed by atoms with Gasteiger partial charge in [0, 0.05) is 12.1 Å². The summed E-state index contributed by atoms with van der Waals surface area (Å²) in [4.78, 5) is 15.5. The van der Waals surface area contributed by atoms with Gasteiger partial charge in [-0.1, -0.05) is 12.2 Å². The molecule has 0 spiro atoms. The van der Waals surface area contributed by atoms with E-state index in [2.05, 4.69) is 17.1 Å². The maximum Gasteiger partial charge on any atom is 0.136 e. The Labute approximate surface area is 78.1 Å². The van der Waals surface area contributed by atoms with Gasteiger partial charge in [-0.2, -0.15) is 0 Å². The zero-order chi connectivity index (χ0) is 9.26. The van der Waals surface area contributed by atoms with Crippen molar-refractivity contribution in [2.75, 3.05) is 0 Å². The molecule has 1 heterocycles. The van der Waals surface area contributed by atoms with Gasteiger partial charge in [-0.3, -0.25) is 9.79 Å². The van der Waals surface area contributed by atoms with Crippen molar-refractivity contribution >= 4 is 12.0 Å². The summed E-state index contributed by atoms with van der Waals surface area (Å²) in [5.41, 5.74) is 1.22. The summed E-state index contributed by atoms with van der Waals surface area (Å²) in [5, 5.41) is 0. The minimum absolute atomic E-state index is 0.129. The number of carbonyl (C=O) groups is 1. The summed E-state index contributed by atoms with van der Waals surface area (Å²) in [7, 11) is 0. The summed E-state index contributed by atoms with van der Waals surface area (Å²) < 4.78 is 0. The van der Waals surface area contributed by atoms with Crippen LogP contribution in [0.15, 0.2) is 28.8 Å². The second-order valence-corrected chi connectivity index (χ2v) is 3.63. The fraction of sp³-hybridized carbons (Fsp3) is 0.455. The van der Waals surface area contributed by atoms with Crippen molar-refractivity contribution in [1.82, 2.24) is 0 Å². The van der Waals surface area contributed by atoms with Crippen molar-refractivity contribution in [3.63, 3.8) is 0 Å². The summed E-state index contributed by atoms with van der Waals surface area (Å²) in [6.07, 6.45) is 9.88. The van der Waals surface area contributed by atoms with E-state index in [1.807, 2.05) is 12.3 Å². The van der Waals surface area contributed by atoms with E-state index in [1.54, 1.807) is 6.92 Å². The van der Waals surface area contributed by atoms with Crippen LogP contribution in [0.25, 0.3) is 0 Å². The summed E-state index contributed by atoms with van der Waals surface area (Å²) in [5.74, 6) is 0.401. The highest BCUT2D eigenvalue weighted by atomic mass is 16.1. The van der Waals surface area contributed by atoms with E-state index in [9.17, 15) is 4.79 Å². The molecule has 2 rings (SSSR count). The van der Waals surface area contributed by atoms with Crippen molar-refractivity contribution in [1.29, 1.82) is 0 Å². The van der Waals surface area contributed by atoms with Crippen LogP contribution >= 0.6 is 0 Å². The molecular formula is C11H13NO. The molecule has 0 N–H and O–H groups in total. The highest BCUT2D eigenvalue weighted by Crippen LogP contribution is 2.28. The maximum absolute atomic E-state index is 11.2. The van der Waals surface area contributed by atoms with Crippen LogP contribution in [0.5, 0.6) is 0 Å². The molecule has 68 valence electrons. The Hall–Kier alpha value is -1.18. The first kappa shape index (κ1) is 8.42. The Morgan fingerprint density at radius 3 is 3.15 bits per heavy atom. The van der Waals surface area contributed by atoms with Gasteiger partial charge in [0.2, 0.25) is 0 Å². The molecule has 0 amide bonds. The van der Waals surface area contributed by atoms with E-state index in [4.69, 9.17) is 0 Å². The molecule has 0 aromatic carbocycles. The number of nitrogens with zero attached hydrogens (tertiary/aromatic N) is 1. The van der Waals surface area contributed by atoms with Gasteiger partial charge in [-0.15, -0.1) is 0 Å². The molecule has 2 heteroatoms. The summed E-state index contributed by atoms with van der Waals surface area (Å²) in [6.45, 7) is 1.66. The predicted octanol–water partition coefficient (Wildman–Crippen LogP) is 1.92. The minimum Gasteiger partial charge on any atom is -0.299 e. The predicted molar refractivity (Wildman–Crippen MR) is 52.9 cm³/mol. The number of hydrogen-bond donors (Lipinski definition) is 0. The highest BCUT2D eigenvalue weighted by Gasteiger charge is 2.23. The third kappa shape index (κ3) is 1.62. The Bertz CT molecular complexity index is 312. The zero-order valence-corrected chi connectivity index (χ0v) is 7.73. The number of Topliss-reactive ketones (excluding diaryl/α,β-unsaturated/α-hetero) is 1. The fourth-order valence-electron chi connectivity index (χ4n) is 1.89. The van der Waals surface area contributed by atoms with Crippen LogP contribution in [-0.2, 0) is 4.79 Å². The average molecular weight is 175 g/mol. The Morgan fingerprint density at radius 2 is 2.38 bits per heavy atom. The number of hydrogen-bond acceptors (Lipinski definition) is 2. The van der Waals surface area contributed by atoms with Crippen LogP contribution < -0.4 is 0 Å². The molecule has 2 nitrogen and oxygen atoms in total. The highest BCUT2D eigenvalue weighted by molar-refractivity contribution is 5.81. The van der Waals surface area contributed by atoms with Crippen LogP contribution in [-0.4, -0.2) is 18.0 Å². The van der Waals surface area contributed by atoms with Crippen LogP contribution in [0.2, 0.25) is 0 Å². The van der Waals surface area contributed by atoms with Gasteiger partial charge in [-0.05, 0) is 31.4 Å². The molecule has 0 aromatic rings. The number of allylic oxidation sites excluding steroid dienone is 2. The van der Waals surface area contributed by atoms with Crippen LogP contribution in [0.4, 0.5) is 0 Å². The first-order valence-corrected chi connectivity index (χ1v) is 4.69. The number of fused-ring (bicyclic) bond motifs is 1. The molecule has 13 heavy (non-hydrogen) atoms. The maximum atomic E-state index is 11.2. The van der Waals surface area contributed by atoms with E-state index < -0.39 is 0 Å². The molecule has 2 atom stereocenters. The largest absolute Gasteiger partial charge is 0.299 e. The van der Waals surface area contributed by atoms with Gasteiger partial charge in [0.1, 0.15) is 5.78 Å². The van der Waals surface area contributed by atoms with Crippen LogP contribution in [0.1, 0.15) is 19.8 Å². The third-order valence-electron chi connectivity index (χ3n) is 2.69. The van der Waals surface area contributed by atoms with Gasteiger partial charge in [0.25, 0.3) is 0 Å². The van der Waals surface area contributed by atoms with Gasteiger partial charge in [0.15, 0.2) is 0 Å². The normalized spacial score (nSPS) is 31.0. The molecule has 0 aromatic heterocycles. The van der Waals surface area contributed by atoms with Gasteiger partial charge in [-0.25, -0.2) is 0 Å². The summed E-state index contributed by atoms with van der Waals surface area (Å²) >= 11 is 0. The monoisotopic (exact) mass is 175 g/mol. The van der Waals surface area contributed by atoms with E-state index in [0.29, 0.717) is 6.04 Å². The van der Waals surface area contributed by atoms with Gasteiger partial charge < -0.3 is 0 Å². The number of dihydropyridines is 1. The average Bonchev–Trinajstić information content (AvgIpc) is 2.17. The first-order chi connectivity index (χ1) is 6.27. The number of carbonyl (C=O) groups excluding carboxylic acids is 1. The first-order valence-electron chi connectivity index (χ1n) is 4.69. The fourth-order valence-corrected chi connectivity index (χ4v) is 1.89. The summed E-state index contributed by atoms with van der Waals surface area (Å²) in [6, 6.07) is 0.320. The number of rotatable bonds is 1. The third-order valence-corrected chi connectivity index (χ3v) is 2.69. The number of ketones is 1.